The molecule has 11 aromatic rings. The highest BCUT2D eigenvalue weighted by Crippen LogP contribution is 2.65. The first-order chi connectivity index (χ1) is 38.2. The Bertz CT molecular complexity index is 4190. The van der Waals surface area contributed by atoms with Crippen LogP contribution in [0.15, 0.2) is 285 Å². The summed E-state index contributed by atoms with van der Waals surface area (Å²) in [7, 11) is 0. The van der Waals surface area contributed by atoms with E-state index in [4.69, 9.17) is 9.47 Å². The van der Waals surface area contributed by atoms with Crippen LogP contribution in [0.25, 0.3) is 44.5 Å². The van der Waals surface area contributed by atoms with E-state index in [0.717, 1.165) is 63.0 Å². The maximum absolute atomic E-state index is 6.78. The van der Waals surface area contributed by atoms with E-state index in [2.05, 4.69) is 284 Å². The molecule has 0 bridgehead atoms. The van der Waals surface area contributed by atoms with Crippen molar-refractivity contribution >= 4 is 11.4 Å². The van der Waals surface area contributed by atoms with E-state index in [1.807, 2.05) is 0 Å². The Kier molecular flexibility index (Phi) is 9.59. The van der Waals surface area contributed by atoms with Crippen molar-refractivity contribution in [1.29, 1.82) is 0 Å². The smallest absolute Gasteiger partial charge is 0.132 e. The highest BCUT2D eigenvalue weighted by molar-refractivity contribution is 5.99. The third kappa shape index (κ3) is 6.20. The Morgan fingerprint density at radius 1 is 0.338 bits per heavy atom. The molecule has 0 fully saturated rings. The fourth-order valence-electron chi connectivity index (χ4n) is 14.1. The molecule has 3 nitrogen and oxygen atoms in total. The number of para-hydroxylation sites is 5. The molecule has 0 saturated carbocycles. The van der Waals surface area contributed by atoms with Gasteiger partial charge in [0.15, 0.2) is 0 Å². The van der Waals surface area contributed by atoms with Gasteiger partial charge in [0.2, 0.25) is 0 Å². The van der Waals surface area contributed by atoms with Crippen LogP contribution in [0, 0.1) is 0 Å². The molecule has 0 radical (unpaired) electrons. The molecule has 2 aliphatic heterocycles. The first-order valence-electron chi connectivity index (χ1n) is 26.8. The summed E-state index contributed by atoms with van der Waals surface area (Å²) in [5, 5.41) is 0. The lowest BCUT2D eigenvalue weighted by Crippen LogP contribution is -2.32. The number of hydrogen-bond acceptors (Lipinski definition) is 3. The second-order valence-corrected chi connectivity index (χ2v) is 20.9. The zero-order valence-electron chi connectivity index (χ0n) is 42.1. The summed E-state index contributed by atoms with van der Waals surface area (Å²) in [5.41, 5.74) is 23.0. The Labute approximate surface area is 449 Å². The van der Waals surface area contributed by atoms with Gasteiger partial charge in [-0.1, -0.05) is 237 Å². The standard InChI is InChI=1S/C74H49NO2/c1-2-20-48(21-3-1)49-40-42-50(43-41-49)54-24-6-13-34-66(54)75(67-35-19-33-64-72(67)57-26-5-8-28-59(57)73(64)60-29-9-14-36-68(60)76-69-37-15-10-30-61(69)73)53-23-18-22-51(46-53)52-44-45-56-55-25-4-7-27-58(55)74(65(56)47-52)62-31-11-16-38-70(62)77-71-39-17-12-32-63(71)74/h1-45,47,51H,46H2. The van der Waals surface area contributed by atoms with Gasteiger partial charge in [-0.2, -0.15) is 0 Å². The van der Waals surface area contributed by atoms with E-state index in [0.29, 0.717) is 0 Å². The van der Waals surface area contributed by atoms with Gasteiger partial charge in [-0.25, -0.2) is 0 Å². The molecule has 1 atom stereocenters. The number of benzene rings is 11. The third-order valence-corrected chi connectivity index (χ3v) is 17.2. The number of ether oxygens (including phenoxy) is 2. The lowest BCUT2D eigenvalue weighted by Gasteiger charge is -2.40. The number of anilines is 2. The summed E-state index contributed by atoms with van der Waals surface area (Å²) in [6.45, 7) is 0. The second kappa shape index (κ2) is 16.9. The number of rotatable bonds is 6. The summed E-state index contributed by atoms with van der Waals surface area (Å²) in [5.74, 6) is 3.64. The quantitative estimate of drug-likeness (QED) is 0.166. The molecule has 3 aliphatic carbocycles. The average molecular weight is 984 g/mol. The van der Waals surface area contributed by atoms with Crippen molar-refractivity contribution < 1.29 is 9.47 Å². The second-order valence-electron chi connectivity index (χ2n) is 20.9. The Hall–Kier alpha value is -9.70. The lowest BCUT2D eigenvalue weighted by atomic mass is 9.65. The normalized spacial score (nSPS) is 15.8. The van der Waals surface area contributed by atoms with Gasteiger partial charge in [-0.15, -0.1) is 0 Å². The van der Waals surface area contributed by atoms with Crippen molar-refractivity contribution in [1.82, 2.24) is 0 Å². The van der Waals surface area contributed by atoms with Crippen molar-refractivity contribution in [2.45, 2.75) is 23.2 Å². The molecule has 77 heavy (non-hydrogen) atoms. The lowest BCUT2D eigenvalue weighted by molar-refractivity contribution is 0.436. The molecule has 0 aromatic heterocycles. The molecule has 0 N–H and O–H groups in total. The topological polar surface area (TPSA) is 21.7 Å². The van der Waals surface area contributed by atoms with Crippen LogP contribution in [0.3, 0.4) is 0 Å². The van der Waals surface area contributed by atoms with Gasteiger partial charge in [0.25, 0.3) is 0 Å². The molecular formula is C74H49NO2. The summed E-state index contributed by atoms with van der Waals surface area (Å²) in [6.07, 6.45) is 7.83. The maximum Gasteiger partial charge on any atom is 0.132 e. The number of fused-ring (bicyclic) bond motifs is 18. The van der Waals surface area contributed by atoms with E-state index in [1.165, 1.54) is 78.0 Å². The summed E-state index contributed by atoms with van der Waals surface area (Å²) >= 11 is 0. The number of nitrogens with zero attached hydrogens (tertiary/aromatic N) is 1. The van der Waals surface area contributed by atoms with E-state index in [1.54, 1.807) is 0 Å². The molecular weight excluding hydrogens is 935 g/mol. The molecule has 5 aliphatic rings. The van der Waals surface area contributed by atoms with Gasteiger partial charge in [0.1, 0.15) is 23.0 Å². The average Bonchev–Trinajstić information content (AvgIpc) is 4.16. The molecule has 11 aromatic carbocycles. The summed E-state index contributed by atoms with van der Waals surface area (Å²) in [6, 6.07) is 95.7. The monoisotopic (exact) mass is 983 g/mol. The zero-order valence-corrected chi connectivity index (χ0v) is 42.1. The van der Waals surface area contributed by atoms with Crippen LogP contribution in [0.1, 0.15) is 62.4 Å². The number of hydrogen-bond donors (Lipinski definition) is 0. The van der Waals surface area contributed by atoms with Gasteiger partial charge in [0.05, 0.1) is 22.2 Å². The van der Waals surface area contributed by atoms with Gasteiger partial charge >= 0.3 is 0 Å². The van der Waals surface area contributed by atoms with Crippen LogP contribution in [0.5, 0.6) is 23.0 Å². The molecule has 16 rings (SSSR count). The van der Waals surface area contributed by atoms with Crippen LogP contribution < -0.4 is 14.4 Å². The molecule has 0 saturated heterocycles. The predicted molar refractivity (Wildman–Crippen MR) is 312 cm³/mol. The van der Waals surface area contributed by atoms with Crippen molar-refractivity contribution in [3.63, 3.8) is 0 Å². The molecule has 3 heteroatoms. The van der Waals surface area contributed by atoms with Crippen molar-refractivity contribution in [2.75, 3.05) is 4.90 Å². The molecule has 1 unspecified atom stereocenters. The Balaban J connectivity index is 0.893. The molecule has 2 spiro atoms. The van der Waals surface area contributed by atoms with E-state index < -0.39 is 10.8 Å². The summed E-state index contributed by atoms with van der Waals surface area (Å²) < 4.78 is 13.5. The molecule has 362 valence electrons. The van der Waals surface area contributed by atoms with Crippen LogP contribution in [0.2, 0.25) is 0 Å². The zero-order chi connectivity index (χ0) is 50.7. The minimum Gasteiger partial charge on any atom is -0.457 e. The largest absolute Gasteiger partial charge is 0.457 e. The van der Waals surface area contributed by atoms with Crippen LogP contribution >= 0.6 is 0 Å². The van der Waals surface area contributed by atoms with Crippen molar-refractivity contribution in [2.24, 2.45) is 0 Å². The first kappa shape index (κ1) is 43.7. The van der Waals surface area contributed by atoms with Gasteiger partial charge in [0, 0.05) is 45.0 Å². The van der Waals surface area contributed by atoms with Crippen molar-refractivity contribution in [3.8, 4) is 67.5 Å². The Morgan fingerprint density at radius 3 is 1.43 bits per heavy atom. The molecule has 2 heterocycles. The maximum atomic E-state index is 6.78. The fraction of sp³-hybridized carbons (Fsp3) is 0.0541. The predicted octanol–water partition coefficient (Wildman–Crippen LogP) is 18.7. The van der Waals surface area contributed by atoms with E-state index in [-0.39, 0.29) is 5.92 Å². The highest BCUT2D eigenvalue weighted by Gasteiger charge is 2.53. The van der Waals surface area contributed by atoms with E-state index >= 15 is 0 Å². The van der Waals surface area contributed by atoms with Crippen LogP contribution in [-0.2, 0) is 10.8 Å². The van der Waals surface area contributed by atoms with Gasteiger partial charge in [-0.3, -0.25) is 0 Å². The van der Waals surface area contributed by atoms with Crippen molar-refractivity contribution in [3.05, 3.63) is 335 Å². The van der Waals surface area contributed by atoms with E-state index in [9.17, 15) is 0 Å². The van der Waals surface area contributed by atoms with Crippen LogP contribution in [-0.4, -0.2) is 0 Å². The third-order valence-electron chi connectivity index (χ3n) is 17.2. The number of allylic oxidation sites excluding steroid dienone is 4. The first-order valence-corrected chi connectivity index (χ1v) is 26.8. The minimum absolute atomic E-state index is 0.0656. The molecule has 0 amide bonds. The SMILES string of the molecule is C1=CC(c2ccc3c(c2)C2(c4ccccc4Oc4ccccc42)c2ccccc2-3)CC(N(c2ccccc2-c2ccc(-c3ccccc3)cc2)c2cccc3c2-c2ccccc2C32c3ccccc3Oc3ccccc32)=C1. The van der Waals surface area contributed by atoms with Gasteiger partial charge < -0.3 is 14.4 Å². The Morgan fingerprint density at radius 2 is 0.792 bits per heavy atom. The fourth-order valence-corrected chi connectivity index (χ4v) is 14.1. The summed E-state index contributed by atoms with van der Waals surface area (Å²) in [4.78, 5) is 2.60. The highest BCUT2D eigenvalue weighted by atomic mass is 16.5. The van der Waals surface area contributed by atoms with Gasteiger partial charge in [-0.05, 0) is 110 Å². The minimum atomic E-state index is -0.617. The van der Waals surface area contributed by atoms with Crippen LogP contribution in [0.4, 0.5) is 11.4 Å².